The quantitative estimate of drug-likeness (QED) is 0.0261. The van der Waals surface area contributed by atoms with E-state index >= 15 is 0 Å². The smallest absolute Gasteiger partial charge is 0.220 e. The number of carbonyl (C=O) groups excluding carboxylic acids is 1. The normalized spacial score (nSPS) is 18.5. The van der Waals surface area contributed by atoms with Crippen molar-refractivity contribution >= 4 is 5.91 Å². The zero-order chi connectivity index (χ0) is 67.8. The first-order valence-electron chi connectivity index (χ1n) is 38.7. The van der Waals surface area contributed by atoms with Crippen LogP contribution in [0.15, 0.2) is 158 Å². The third kappa shape index (κ3) is 59.1. The molecule has 94 heavy (non-hydrogen) atoms. The van der Waals surface area contributed by atoms with Gasteiger partial charge in [0.05, 0.1) is 25.4 Å². The van der Waals surface area contributed by atoms with E-state index in [4.69, 9.17) is 9.47 Å². The van der Waals surface area contributed by atoms with Crippen molar-refractivity contribution in [3.8, 4) is 0 Å². The van der Waals surface area contributed by atoms with Gasteiger partial charge >= 0.3 is 0 Å². The Hall–Kier alpha value is -4.19. The second-order valence-electron chi connectivity index (χ2n) is 26.0. The minimum atomic E-state index is -1.59. The number of aliphatic hydroxyl groups excluding tert-OH is 5. The lowest BCUT2D eigenvalue weighted by molar-refractivity contribution is -0.302. The highest BCUT2D eigenvalue weighted by molar-refractivity contribution is 5.76. The number of ether oxygens (including phenoxy) is 2. The van der Waals surface area contributed by atoms with Crippen LogP contribution in [-0.2, 0) is 14.3 Å². The Morgan fingerprint density at radius 2 is 0.670 bits per heavy atom. The van der Waals surface area contributed by atoms with Crippen molar-refractivity contribution in [1.29, 1.82) is 0 Å². The maximum absolute atomic E-state index is 13.2. The molecule has 1 fully saturated rings. The molecule has 9 nitrogen and oxygen atoms in total. The molecule has 1 rings (SSSR count). The van der Waals surface area contributed by atoms with Gasteiger partial charge in [0.15, 0.2) is 6.29 Å². The number of carbonyl (C=O) groups is 1. The minimum Gasteiger partial charge on any atom is -0.394 e. The molecule has 0 aromatic carbocycles. The fourth-order valence-electron chi connectivity index (χ4n) is 11.3. The van der Waals surface area contributed by atoms with Gasteiger partial charge in [-0.15, -0.1) is 0 Å². The van der Waals surface area contributed by atoms with Gasteiger partial charge in [-0.1, -0.05) is 345 Å². The molecule has 0 radical (unpaired) electrons. The largest absolute Gasteiger partial charge is 0.394 e. The first-order chi connectivity index (χ1) is 46.3. The monoisotopic (exact) mass is 1310 g/mol. The predicted octanol–water partition coefficient (Wildman–Crippen LogP) is 22.3. The number of aliphatic hydroxyl groups is 5. The third-order valence-corrected chi connectivity index (χ3v) is 17.3. The highest BCUT2D eigenvalue weighted by atomic mass is 16.7. The maximum atomic E-state index is 13.2. The lowest BCUT2D eigenvalue weighted by atomic mass is 9.99. The zero-order valence-corrected chi connectivity index (χ0v) is 60.2. The Kier molecular flexibility index (Phi) is 66.9. The summed E-state index contributed by atoms with van der Waals surface area (Å²) in [6, 6.07) is -0.847. The van der Waals surface area contributed by atoms with Gasteiger partial charge in [0.1, 0.15) is 24.4 Å². The van der Waals surface area contributed by atoms with Gasteiger partial charge in [-0.25, -0.2) is 0 Å². The highest BCUT2D eigenvalue weighted by Crippen LogP contribution is 2.23. The molecular weight excluding hydrogens is 1160 g/mol. The first kappa shape index (κ1) is 87.8. The number of hydrogen-bond donors (Lipinski definition) is 6. The number of rotatable bonds is 66. The van der Waals surface area contributed by atoms with Gasteiger partial charge in [0, 0.05) is 6.42 Å². The van der Waals surface area contributed by atoms with Gasteiger partial charge in [0.25, 0.3) is 0 Å². The molecule has 1 aliphatic heterocycles. The van der Waals surface area contributed by atoms with Gasteiger partial charge in [-0.05, 0) is 122 Å². The number of unbranched alkanes of at least 4 members (excludes halogenated alkanes) is 32. The van der Waals surface area contributed by atoms with Crippen LogP contribution in [0.5, 0.6) is 0 Å². The summed E-state index contributed by atoms with van der Waals surface area (Å²) >= 11 is 0. The molecule has 0 aromatic heterocycles. The van der Waals surface area contributed by atoms with Crippen molar-refractivity contribution in [2.45, 2.75) is 358 Å². The van der Waals surface area contributed by atoms with Crippen LogP contribution in [0.4, 0.5) is 0 Å². The molecule has 0 aliphatic carbocycles. The SMILES string of the molecule is CC/C=C\C/C=C\C/C=C\C/C=C\C/C=C\C/C=C\C/C=C\C/C=C\C/C=C\C/C=C\CCCCCCCCCCC(=O)NC(COC1OC(CO)C(O)C(O)C1O)C(O)/C=C/CC/C=C/CC/C=C/CCCCCCCCCCCCCCCCCCCCCCCC. The van der Waals surface area contributed by atoms with Crippen LogP contribution in [0, 0.1) is 0 Å². The molecule has 6 N–H and O–H groups in total. The average molecular weight is 1310 g/mol. The number of hydrogen-bond acceptors (Lipinski definition) is 8. The summed E-state index contributed by atoms with van der Waals surface area (Å²) in [6.07, 6.45) is 105. The van der Waals surface area contributed by atoms with Crippen LogP contribution < -0.4 is 5.32 Å². The van der Waals surface area contributed by atoms with Crippen LogP contribution in [0.1, 0.15) is 316 Å². The van der Waals surface area contributed by atoms with E-state index in [1.807, 2.05) is 6.08 Å². The van der Waals surface area contributed by atoms with Gasteiger partial charge in [0.2, 0.25) is 5.91 Å². The molecule has 7 unspecified atom stereocenters. The maximum Gasteiger partial charge on any atom is 0.220 e. The topological polar surface area (TPSA) is 149 Å². The van der Waals surface area contributed by atoms with Crippen molar-refractivity contribution in [2.75, 3.05) is 13.2 Å². The van der Waals surface area contributed by atoms with E-state index in [1.54, 1.807) is 6.08 Å². The number of amides is 1. The standard InChI is InChI=1S/C85H143NO8/c1-3-5-7-9-11-13-15-17-19-21-23-25-27-29-31-33-35-37-38-39-40-41-42-43-45-47-49-51-53-55-57-59-61-63-65-67-69-71-73-75-81(89)86-78(77-93-85-84(92)83(91)82(90)80(76-87)94-85)79(88)74-72-70-68-66-64-62-60-58-56-54-52-50-48-46-44-36-34-32-30-28-26-24-22-20-18-16-14-12-10-8-6-4-2/h5,7,11,13,17,19,23,25,29,31,35,37,39-40,42-43,47,49,53,55-56,58,64,66,72,74,78-80,82-85,87-88,90-92H,3-4,6,8-10,12,14-16,18,20-22,24,26-28,30,32-34,36,38,41,44-46,48,50-52,54,57,59-63,65,67-71,73,75-77H2,1-2H3,(H,86,89)/b7-5-,13-11-,19-17-,25-23-,31-29-,37-35-,40-39-,43-42-,49-47-,55-53-,58-56+,66-64+,74-72+. The molecule has 1 amide bonds. The Morgan fingerprint density at radius 3 is 1.02 bits per heavy atom. The summed E-state index contributed by atoms with van der Waals surface area (Å²) < 4.78 is 11.3. The van der Waals surface area contributed by atoms with E-state index in [0.717, 1.165) is 128 Å². The van der Waals surface area contributed by atoms with Crippen molar-refractivity contribution < 1.29 is 39.8 Å². The van der Waals surface area contributed by atoms with Crippen molar-refractivity contribution in [1.82, 2.24) is 5.32 Å². The van der Waals surface area contributed by atoms with Crippen molar-refractivity contribution in [2.24, 2.45) is 0 Å². The van der Waals surface area contributed by atoms with E-state index in [0.29, 0.717) is 6.42 Å². The molecule has 7 atom stereocenters. The summed E-state index contributed by atoms with van der Waals surface area (Å²) in [4.78, 5) is 13.2. The lowest BCUT2D eigenvalue weighted by Gasteiger charge is -2.40. The fraction of sp³-hybridized carbons (Fsp3) is 0.682. The zero-order valence-electron chi connectivity index (χ0n) is 60.2. The van der Waals surface area contributed by atoms with E-state index < -0.39 is 49.5 Å². The van der Waals surface area contributed by atoms with Gasteiger partial charge in [-0.2, -0.15) is 0 Å². The molecule has 1 heterocycles. The van der Waals surface area contributed by atoms with Crippen LogP contribution in [0.2, 0.25) is 0 Å². The summed E-state index contributed by atoms with van der Waals surface area (Å²) in [7, 11) is 0. The van der Waals surface area contributed by atoms with Gasteiger partial charge < -0.3 is 40.3 Å². The molecule has 0 spiro atoms. The van der Waals surface area contributed by atoms with Crippen LogP contribution in [0.3, 0.4) is 0 Å². The van der Waals surface area contributed by atoms with Gasteiger partial charge in [-0.3, -0.25) is 4.79 Å². The van der Waals surface area contributed by atoms with Crippen molar-refractivity contribution in [3.05, 3.63) is 158 Å². The van der Waals surface area contributed by atoms with Crippen LogP contribution >= 0.6 is 0 Å². The van der Waals surface area contributed by atoms with E-state index in [2.05, 4.69) is 165 Å². The Bertz CT molecular complexity index is 2050. The summed E-state index contributed by atoms with van der Waals surface area (Å²) in [6.45, 7) is 3.66. The minimum absolute atomic E-state index is 0.203. The third-order valence-electron chi connectivity index (χ3n) is 17.3. The molecule has 1 saturated heterocycles. The lowest BCUT2D eigenvalue weighted by Crippen LogP contribution is -2.60. The summed E-state index contributed by atoms with van der Waals surface area (Å²) in [5.41, 5.74) is 0. The predicted molar refractivity (Wildman–Crippen MR) is 405 cm³/mol. The van der Waals surface area contributed by atoms with Crippen molar-refractivity contribution in [3.63, 3.8) is 0 Å². The highest BCUT2D eigenvalue weighted by Gasteiger charge is 2.44. The fourth-order valence-corrected chi connectivity index (χ4v) is 11.3. The molecule has 0 bridgehead atoms. The van der Waals surface area contributed by atoms with E-state index in [1.165, 1.54) is 167 Å². The average Bonchev–Trinajstić information content (AvgIpc) is 0.829. The van der Waals surface area contributed by atoms with E-state index in [9.17, 15) is 30.3 Å². The van der Waals surface area contributed by atoms with Crippen LogP contribution in [0.25, 0.3) is 0 Å². The Balaban J connectivity index is 2.17. The Morgan fingerprint density at radius 1 is 0.372 bits per heavy atom. The second kappa shape index (κ2) is 71.6. The molecule has 1 aliphatic rings. The molecule has 9 heteroatoms. The number of allylic oxidation sites excluding steroid dienone is 25. The molecule has 536 valence electrons. The molecule has 0 saturated carbocycles. The second-order valence-corrected chi connectivity index (χ2v) is 26.0. The first-order valence-corrected chi connectivity index (χ1v) is 38.7. The summed E-state index contributed by atoms with van der Waals surface area (Å²) in [5, 5.41) is 54.8. The van der Waals surface area contributed by atoms with E-state index in [-0.39, 0.29) is 12.5 Å². The molecule has 0 aromatic rings. The van der Waals surface area contributed by atoms with Crippen LogP contribution in [-0.4, -0.2) is 87.5 Å². The Labute approximate surface area is 577 Å². The number of nitrogens with one attached hydrogen (secondary N) is 1. The molecular formula is C85H143NO8. The summed E-state index contributed by atoms with van der Waals surface area (Å²) in [5.74, 6) is -0.203.